The number of amides is 1. The van der Waals surface area contributed by atoms with Crippen molar-refractivity contribution in [1.82, 2.24) is 0 Å². The van der Waals surface area contributed by atoms with Crippen LogP contribution in [0.4, 0.5) is 17.1 Å². The highest BCUT2D eigenvalue weighted by Crippen LogP contribution is 2.18. The zero-order valence-corrected chi connectivity index (χ0v) is 16.9. The fourth-order valence-corrected chi connectivity index (χ4v) is 2.89. The number of anilines is 3. The Labute approximate surface area is 172 Å². The summed E-state index contributed by atoms with van der Waals surface area (Å²) in [7, 11) is 0. The van der Waals surface area contributed by atoms with Crippen molar-refractivity contribution in [3.05, 3.63) is 95.6 Å². The monoisotopic (exact) mass is 385 g/mol. The summed E-state index contributed by atoms with van der Waals surface area (Å²) >= 11 is 0. The molecular formula is C25H27N3O. The fraction of sp³-hybridized carbons (Fsp3) is 0.160. The van der Waals surface area contributed by atoms with Crippen molar-refractivity contribution in [3.63, 3.8) is 0 Å². The van der Waals surface area contributed by atoms with Crippen LogP contribution >= 0.6 is 0 Å². The van der Waals surface area contributed by atoms with Crippen LogP contribution in [0.1, 0.15) is 36.5 Å². The van der Waals surface area contributed by atoms with Crippen molar-refractivity contribution in [2.75, 3.05) is 16.4 Å². The van der Waals surface area contributed by atoms with Crippen LogP contribution in [-0.2, 0) is 11.3 Å². The van der Waals surface area contributed by atoms with E-state index in [1.807, 2.05) is 24.3 Å². The summed E-state index contributed by atoms with van der Waals surface area (Å²) in [5.41, 5.74) is 11.6. The second-order valence-electron chi connectivity index (χ2n) is 7.28. The molecule has 0 fully saturated rings. The quantitative estimate of drug-likeness (QED) is 0.363. The summed E-state index contributed by atoms with van der Waals surface area (Å²) in [5, 5.41) is 6.22. The van der Waals surface area contributed by atoms with E-state index in [9.17, 15) is 4.79 Å². The first-order chi connectivity index (χ1) is 14.0. The zero-order chi connectivity index (χ0) is 20.6. The van der Waals surface area contributed by atoms with E-state index < -0.39 is 0 Å². The number of hydrogen-bond acceptors (Lipinski definition) is 3. The Morgan fingerprint density at radius 1 is 0.966 bits per heavy atom. The molecule has 0 heterocycles. The maximum absolute atomic E-state index is 12.1. The maximum Gasteiger partial charge on any atom is 0.248 e. The number of nitrogens with two attached hydrogens (primary N) is 1. The molecule has 29 heavy (non-hydrogen) atoms. The van der Waals surface area contributed by atoms with E-state index >= 15 is 0 Å². The molecule has 1 amide bonds. The lowest BCUT2D eigenvalue weighted by molar-refractivity contribution is -0.111. The van der Waals surface area contributed by atoms with E-state index in [0.29, 0.717) is 17.3 Å². The van der Waals surface area contributed by atoms with E-state index in [2.05, 4.69) is 60.9 Å². The average Bonchev–Trinajstić information content (AvgIpc) is 2.73. The molecule has 0 aliphatic carbocycles. The van der Waals surface area contributed by atoms with Gasteiger partial charge in [0.25, 0.3) is 0 Å². The Kier molecular flexibility index (Phi) is 6.69. The van der Waals surface area contributed by atoms with Gasteiger partial charge in [0.2, 0.25) is 5.91 Å². The largest absolute Gasteiger partial charge is 0.397 e. The highest BCUT2D eigenvalue weighted by Gasteiger charge is 2.02. The Hall–Kier alpha value is -3.53. The van der Waals surface area contributed by atoms with Crippen LogP contribution in [0.15, 0.2) is 78.9 Å². The normalized spacial score (nSPS) is 11.0. The topological polar surface area (TPSA) is 67.2 Å². The minimum atomic E-state index is -0.210. The lowest BCUT2D eigenvalue weighted by Crippen LogP contribution is -2.09. The van der Waals surface area contributed by atoms with Crippen molar-refractivity contribution in [2.24, 2.45) is 0 Å². The van der Waals surface area contributed by atoms with Crippen LogP contribution in [0.25, 0.3) is 6.08 Å². The molecule has 3 aromatic carbocycles. The first-order valence-corrected chi connectivity index (χ1v) is 9.77. The third kappa shape index (κ3) is 5.98. The molecule has 0 aliphatic heterocycles. The first kappa shape index (κ1) is 20.2. The van der Waals surface area contributed by atoms with Gasteiger partial charge in [-0.2, -0.15) is 0 Å². The van der Waals surface area contributed by atoms with Gasteiger partial charge in [-0.15, -0.1) is 0 Å². The van der Waals surface area contributed by atoms with Gasteiger partial charge in [-0.1, -0.05) is 62.4 Å². The lowest BCUT2D eigenvalue weighted by atomic mass is 10.0. The van der Waals surface area contributed by atoms with Crippen molar-refractivity contribution < 1.29 is 4.79 Å². The number of nitrogens with one attached hydrogen (secondary N) is 2. The molecule has 148 valence electrons. The van der Waals surface area contributed by atoms with E-state index in [1.165, 1.54) is 17.2 Å². The number of benzene rings is 3. The summed E-state index contributed by atoms with van der Waals surface area (Å²) in [4.78, 5) is 12.1. The lowest BCUT2D eigenvalue weighted by Gasteiger charge is -2.09. The molecule has 4 nitrogen and oxygen atoms in total. The summed E-state index contributed by atoms with van der Waals surface area (Å²) < 4.78 is 0. The zero-order valence-electron chi connectivity index (χ0n) is 16.9. The van der Waals surface area contributed by atoms with Gasteiger partial charge in [0.15, 0.2) is 0 Å². The van der Waals surface area contributed by atoms with Crippen molar-refractivity contribution in [2.45, 2.75) is 26.3 Å². The fourth-order valence-electron chi connectivity index (χ4n) is 2.89. The Balaban J connectivity index is 1.52. The van der Waals surface area contributed by atoms with Crippen molar-refractivity contribution in [1.29, 1.82) is 0 Å². The number of carbonyl (C=O) groups excluding carboxylic acids is 1. The highest BCUT2D eigenvalue weighted by atomic mass is 16.1. The van der Waals surface area contributed by atoms with Gasteiger partial charge in [-0.3, -0.25) is 4.79 Å². The van der Waals surface area contributed by atoms with Crippen molar-refractivity contribution in [3.8, 4) is 0 Å². The van der Waals surface area contributed by atoms with Gasteiger partial charge in [-0.25, -0.2) is 0 Å². The third-order valence-electron chi connectivity index (χ3n) is 4.70. The summed E-state index contributed by atoms with van der Waals surface area (Å²) in [5.74, 6) is 0.329. The molecule has 0 spiro atoms. The van der Waals surface area contributed by atoms with Gasteiger partial charge >= 0.3 is 0 Å². The third-order valence-corrected chi connectivity index (χ3v) is 4.70. The Bertz CT molecular complexity index is 974. The molecule has 0 unspecified atom stereocenters. The number of rotatable bonds is 7. The number of para-hydroxylation sites is 2. The predicted molar refractivity (Wildman–Crippen MR) is 123 cm³/mol. The molecular weight excluding hydrogens is 358 g/mol. The predicted octanol–water partition coefficient (Wildman–Crippen LogP) is 5.66. The molecule has 4 heteroatoms. The van der Waals surface area contributed by atoms with E-state index in [-0.39, 0.29) is 5.91 Å². The van der Waals surface area contributed by atoms with Gasteiger partial charge in [0.05, 0.1) is 11.4 Å². The van der Waals surface area contributed by atoms with Crippen LogP contribution in [-0.4, -0.2) is 5.91 Å². The van der Waals surface area contributed by atoms with Crippen LogP contribution in [0.2, 0.25) is 0 Å². The first-order valence-electron chi connectivity index (χ1n) is 9.77. The molecule has 3 rings (SSSR count). The van der Waals surface area contributed by atoms with Gasteiger partial charge in [0.1, 0.15) is 0 Å². The number of carbonyl (C=O) groups is 1. The van der Waals surface area contributed by atoms with Crippen LogP contribution in [0, 0.1) is 0 Å². The molecule has 0 radical (unpaired) electrons. The molecule has 0 saturated heterocycles. The van der Waals surface area contributed by atoms with E-state index in [1.54, 1.807) is 18.2 Å². The summed E-state index contributed by atoms with van der Waals surface area (Å²) in [6.07, 6.45) is 3.30. The molecule has 0 aromatic heterocycles. The molecule has 4 N–H and O–H groups in total. The molecule has 0 bridgehead atoms. The smallest absolute Gasteiger partial charge is 0.248 e. The van der Waals surface area contributed by atoms with E-state index in [4.69, 9.17) is 5.73 Å². The number of hydrogen-bond donors (Lipinski definition) is 3. The second-order valence-corrected chi connectivity index (χ2v) is 7.28. The van der Waals surface area contributed by atoms with Crippen LogP contribution in [0.5, 0.6) is 0 Å². The standard InChI is InChI=1S/C25H27N3O/c1-18(2)21-12-14-22(15-13-21)27-17-20-9-7-19(8-10-20)11-16-25(29)28-24-6-4-3-5-23(24)26/h3-16,18,27H,17,26H2,1-2H3,(H,28,29)/b16-11-. The van der Waals surface area contributed by atoms with Crippen LogP contribution < -0.4 is 16.4 Å². The van der Waals surface area contributed by atoms with Crippen LogP contribution in [0.3, 0.4) is 0 Å². The maximum atomic E-state index is 12.1. The molecule has 0 aliphatic rings. The summed E-state index contributed by atoms with van der Waals surface area (Å²) in [6, 6.07) is 23.9. The molecule has 0 atom stereocenters. The van der Waals surface area contributed by atoms with Gasteiger partial charge < -0.3 is 16.4 Å². The highest BCUT2D eigenvalue weighted by molar-refractivity contribution is 6.03. The molecule has 3 aromatic rings. The Morgan fingerprint density at radius 3 is 2.31 bits per heavy atom. The SMILES string of the molecule is CC(C)c1ccc(NCc2ccc(/C=C\C(=O)Nc3ccccc3N)cc2)cc1. The minimum Gasteiger partial charge on any atom is -0.397 e. The van der Waals surface area contributed by atoms with Gasteiger partial charge in [-0.05, 0) is 52.9 Å². The van der Waals surface area contributed by atoms with E-state index in [0.717, 1.165) is 17.8 Å². The van der Waals surface area contributed by atoms with Crippen molar-refractivity contribution >= 4 is 29.0 Å². The van der Waals surface area contributed by atoms with Gasteiger partial charge in [0, 0.05) is 18.3 Å². The second kappa shape index (κ2) is 9.60. The summed E-state index contributed by atoms with van der Waals surface area (Å²) in [6.45, 7) is 5.14. The molecule has 0 saturated carbocycles. The number of nitrogen functional groups attached to an aromatic ring is 1. The minimum absolute atomic E-state index is 0.210. The average molecular weight is 386 g/mol. The Morgan fingerprint density at radius 2 is 1.66 bits per heavy atom.